The van der Waals surface area contributed by atoms with Crippen molar-refractivity contribution in [2.45, 2.75) is 121 Å². The maximum Gasteiger partial charge on any atom is 0.490 e. The molecule has 12 bridgehead atoms. The van der Waals surface area contributed by atoms with Crippen molar-refractivity contribution >= 4 is 121 Å². The van der Waals surface area contributed by atoms with Gasteiger partial charge in [0, 0.05) is 76.0 Å². The maximum absolute atomic E-state index is 15.2. The number of aliphatic hydroxyl groups is 2. The number of carbonyl (C=O) groups is 8. The number of alkyl halides is 3. The van der Waals surface area contributed by atoms with Crippen molar-refractivity contribution in [1.82, 2.24) is 75.9 Å². The second-order valence-corrected chi connectivity index (χ2v) is 30.6. The summed E-state index contributed by atoms with van der Waals surface area (Å²) in [6.45, 7) is 7.83. The molecule has 13 rings (SSSR count). The molecule has 34 nitrogen and oxygen atoms in total. The third kappa shape index (κ3) is 17.2. The number of pyridine rings is 1. The molecule has 5 aliphatic rings. The molecule has 580 valence electrons. The topological polar surface area (TPSA) is 445 Å². The van der Waals surface area contributed by atoms with Crippen LogP contribution in [0.2, 0.25) is 0 Å². The summed E-state index contributed by atoms with van der Waals surface area (Å²) in [6.07, 6.45) is -12.5. The van der Waals surface area contributed by atoms with Gasteiger partial charge in [-0.25, -0.2) is 44.3 Å². The molecular weight excluding hydrogens is 1540 g/mol. The number of amides is 5. The molecular formula is C67H72F3N15O19S5. The average Bonchev–Trinajstić information content (AvgIpc) is 1.64. The SMILES string of the molecule is CO/C(C)=C1/NC(=O)[C@H]([C@@H](C)O)NC(=O)c2csc(n2)-c2cc(O)c(-c3nc(CNC(=O)CN4CCN(C)CC4)cs3)nc2-c2csc(n2)[C@@H]2COC(=O)c3c4c5c(cccc5n3O)COC(=O)[C@@H](O[C@H]3C[C@](C)(O)[C@H](N(C)C)[C@H](C)O3)[C@@H](OC4)[C@H](NC(=O)c3csc1n3)c1nc(cs1)C(=O)N2.O=C(O)C(F)(F)F. The van der Waals surface area contributed by atoms with E-state index in [1.54, 1.807) is 55.7 Å². The summed E-state index contributed by atoms with van der Waals surface area (Å²) in [5.74, 6) is -9.02. The zero-order valence-corrected chi connectivity index (χ0v) is 63.1. The number of hydrogen-bond acceptors (Lipinski definition) is 32. The van der Waals surface area contributed by atoms with Crippen molar-refractivity contribution < 1.29 is 106 Å². The number of carboxylic acids is 1. The number of aromatic hydroxyl groups is 1. The van der Waals surface area contributed by atoms with E-state index in [9.17, 15) is 48.1 Å². The number of aromatic nitrogens is 7. The first-order valence-electron chi connectivity index (χ1n) is 33.4. The van der Waals surface area contributed by atoms with E-state index in [0.717, 1.165) is 82.9 Å². The molecule has 5 amide bonds. The number of cyclic esters (lactones) is 2. The molecule has 2 fully saturated rings. The quantitative estimate of drug-likeness (QED) is 0.0505. The Morgan fingerprint density at radius 2 is 1.48 bits per heavy atom. The van der Waals surface area contributed by atoms with E-state index in [2.05, 4.69) is 46.4 Å². The first kappa shape index (κ1) is 79.0. The highest BCUT2D eigenvalue weighted by Gasteiger charge is 2.50. The number of fused-ring (bicyclic) bond motifs is 15. The van der Waals surface area contributed by atoms with Crippen LogP contribution < -0.4 is 26.6 Å². The largest absolute Gasteiger partial charge is 0.506 e. The monoisotopic (exact) mass is 1610 g/mol. The number of aliphatic hydroxyl groups excluding tert-OH is 1. The number of carbonyl (C=O) groups excluding carboxylic acids is 7. The van der Waals surface area contributed by atoms with Crippen LogP contribution in [-0.4, -0.2) is 245 Å². The highest BCUT2D eigenvalue weighted by molar-refractivity contribution is 7.14. The van der Waals surface area contributed by atoms with Crippen LogP contribution in [0.1, 0.15) is 120 Å². The Labute approximate surface area is 636 Å². The number of aliphatic carboxylic acids is 1. The van der Waals surface area contributed by atoms with Gasteiger partial charge >= 0.3 is 24.1 Å². The van der Waals surface area contributed by atoms with E-state index in [0.29, 0.717) is 16.0 Å². The molecule has 0 spiro atoms. The van der Waals surface area contributed by atoms with Gasteiger partial charge in [0.05, 0.1) is 61.9 Å². The predicted octanol–water partition coefficient (Wildman–Crippen LogP) is 4.66. The van der Waals surface area contributed by atoms with Crippen LogP contribution >= 0.6 is 56.7 Å². The summed E-state index contributed by atoms with van der Waals surface area (Å²) in [4.78, 5) is 146. The predicted molar refractivity (Wildman–Crippen MR) is 384 cm³/mol. The number of rotatable bonds is 10. The number of methoxy groups -OCH3 is 1. The van der Waals surface area contributed by atoms with Gasteiger partial charge in [-0.3, -0.25) is 28.9 Å². The summed E-state index contributed by atoms with van der Waals surface area (Å²) in [6, 6.07) is 0.924. The Bertz CT molecular complexity index is 4850. The van der Waals surface area contributed by atoms with Crippen molar-refractivity contribution in [3.05, 3.63) is 112 Å². The van der Waals surface area contributed by atoms with Gasteiger partial charge in [0.1, 0.15) is 114 Å². The highest BCUT2D eigenvalue weighted by atomic mass is 32.1. The zero-order chi connectivity index (χ0) is 78.2. The van der Waals surface area contributed by atoms with Gasteiger partial charge in [-0.05, 0) is 66.5 Å². The van der Waals surface area contributed by atoms with Gasteiger partial charge in [-0.15, -0.1) is 56.7 Å². The Morgan fingerprint density at radius 3 is 2.17 bits per heavy atom. The molecule has 2 saturated heterocycles. The lowest BCUT2D eigenvalue weighted by atomic mass is 9.85. The molecule has 7 aromatic heterocycles. The molecule has 0 unspecified atom stereocenters. The van der Waals surface area contributed by atoms with Gasteiger partial charge in [0.2, 0.25) is 11.8 Å². The Kier molecular flexibility index (Phi) is 23.6. The fraction of sp³-hybridized carbons (Fsp3) is 0.433. The minimum absolute atomic E-state index is 0.00225. The smallest absolute Gasteiger partial charge is 0.490 e. The molecule has 10 atom stereocenters. The summed E-state index contributed by atoms with van der Waals surface area (Å²) in [5.41, 5.74) is -1.47. The lowest BCUT2D eigenvalue weighted by Crippen LogP contribution is -2.62. The van der Waals surface area contributed by atoms with Crippen molar-refractivity contribution in [3.63, 3.8) is 0 Å². The number of hydrogen-bond donors (Lipinski definition) is 10. The van der Waals surface area contributed by atoms with Crippen LogP contribution in [0.5, 0.6) is 5.75 Å². The van der Waals surface area contributed by atoms with E-state index in [-0.39, 0.29) is 124 Å². The van der Waals surface area contributed by atoms with Crippen LogP contribution in [0.15, 0.2) is 56.9 Å². The van der Waals surface area contributed by atoms with Gasteiger partial charge in [0.25, 0.3) is 17.7 Å². The van der Waals surface area contributed by atoms with Crippen molar-refractivity contribution in [2.24, 2.45) is 0 Å². The summed E-state index contributed by atoms with van der Waals surface area (Å²) in [5, 5.41) is 76.7. The number of thiazole rings is 5. The van der Waals surface area contributed by atoms with Crippen molar-refractivity contribution in [3.8, 4) is 38.4 Å². The summed E-state index contributed by atoms with van der Waals surface area (Å²) < 4.78 is 70.1. The fourth-order valence-electron chi connectivity index (χ4n) is 12.9. The third-order valence-corrected chi connectivity index (χ3v) is 22.8. The van der Waals surface area contributed by atoms with Crippen molar-refractivity contribution in [2.75, 3.05) is 67.6 Å². The molecule has 0 radical (unpaired) electrons. The van der Waals surface area contributed by atoms with Crippen molar-refractivity contribution in [1.29, 1.82) is 0 Å². The molecule has 109 heavy (non-hydrogen) atoms. The van der Waals surface area contributed by atoms with E-state index in [1.165, 1.54) is 49.2 Å². The number of nitrogens with one attached hydrogen (secondary N) is 5. The summed E-state index contributed by atoms with van der Waals surface area (Å²) in [7, 11) is 6.91. The first-order chi connectivity index (χ1) is 51.7. The highest BCUT2D eigenvalue weighted by Crippen LogP contribution is 2.43. The zero-order valence-electron chi connectivity index (χ0n) is 59.1. The molecule has 10 N–H and O–H groups in total. The van der Waals surface area contributed by atoms with Gasteiger partial charge in [-0.2, -0.15) is 17.9 Å². The Hall–Kier alpha value is -9.57. The fourth-order valence-corrected chi connectivity index (χ4v) is 17.1. The van der Waals surface area contributed by atoms with Crippen LogP contribution in [0.25, 0.3) is 49.3 Å². The minimum Gasteiger partial charge on any atom is -0.506 e. The second-order valence-electron chi connectivity index (χ2n) is 26.3. The van der Waals surface area contributed by atoms with Crippen LogP contribution in [0.4, 0.5) is 13.2 Å². The number of carboxylic acid groups (broad SMARTS) is 1. The average molecular weight is 1610 g/mol. The summed E-state index contributed by atoms with van der Waals surface area (Å²) >= 11 is 4.90. The van der Waals surface area contributed by atoms with Gasteiger partial charge < -0.3 is 90.4 Å². The van der Waals surface area contributed by atoms with E-state index in [1.807, 2.05) is 7.05 Å². The first-order valence-corrected chi connectivity index (χ1v) is 37.8. The number of nitrogens with zero attached hydrogens (tertiary/aromatic N) is 10. The Morgan fingerprint density at radius 1 is 0.835 bits per heavy atom. The number of allylic oxidation sites excluding steroid dienone is 1. The molecule has 12 heterocycles. The molecule has 0 saturated carbocycles. The Balaban J connectivity index is 0.00000151. The van der Waals surface area contributed by atoms with Crippen LogP contribution in [0.3, 0.4) is 0 Å². The number of piperazine rings is 1. The minimum atomic E-state index is -5.08. The maximum atomic E-state index is 15.2. The van der Waals surface area contributed by atoms with E-state index >= 15 is 19.2 Å². The number of esters is 2. The lowest BCUT2D eigenvalue weighted by Gasteiger charge is -2.48. The number of halogens is 3. The number of likely N-dealkylation sites (N-methyl/N-ethyl adjacent to an activating group) is 2. The lowest BCUT2D eigenvalue weighted by molar-refractivity contribution is -0.280. The molecule has 5 aliphatic heterocycles. The molecule has 8 aromatic rings. The third-order valence-electron chi connectivity index (χ3n) is 18.2. The molecule has 0 aliphatic carbocycles. The van der Waals surface area contributed by atoms with Crippen LogP contribution in [-0.2, 0) is 67.4 Å². The molecule has 42 heteroatoms. The van der Waals surface area contributed by atoms with Gasteiger partial charge in [0.15, 0.2) is 18.1 Å². The number of ether oxygens (including phenoxy) is 6. The second kappa shape index (κ2) is 32.5. The van der Waals surface area contributed by atoms with E-state index < -0.39 is 134 Å². The van der Waals surface area contributed by atoms with E-state index in [4.69, 9.17) is 58.3 Å². The molecule has 1 aromatic carbocycles. The standard InChI is InChI=1S/C65H71N15O17S5.C2HF3O2/c1-28(81)45-57(87)75-46(29(2)92-8)60-71-39(27-101-60)56(86)76-49-51-52(97-43-17-65(4,90)53(77(5)6)30(3)96-43)64(89)94-20-31-10-9-11-40-44(31)34(21-93-51)50(80(40)91)63(88)95-22-35(68-54(84)37-26-102-62(49)72-37)59-69-36(24-100-59)47-33(58-70-38(25-99-58)55(85)74-45)16-41(82)48(73-47)61-67-32(23-98-61)18-66-42(83)19-79-14-12-78(7)13-15-79;3-2(4,5)1(6)7/h9-11,16,23-28,30,35,43,45,49,51-53,81-82,90-91H,12-15,17-22H2,1-8H3,(H,66,83)(H,68,84)(H,74,85)(H,75,87)(H,76,86);(H,6,7)/b46-29+;/t28-,30+,35+,43+,45+,49+,51+,52+,53-,65+;/m1./s1. The van der Waals surface area contributed by atoms with Crippen LogP contribution in [0, 0.1) is 0 Å². The van der Waals surface area contributed by atoms with Gasteiger partial charge in [-0.1, -0.05) is 12.1 Å². The number of benzene rings is 1. The normalized spacial score (nSPS) is 24.1.